The number of hydrogen-bond donors (Lipinski definition) is 0. The number of benzene rings is 1. The summed E-state index contributed by atoms with van der Waals surface area (Å²) in [5, 5.41) is 11.8. The molecule has 1 aliphatic heterocycles. The maximum atomic E-state index is 11.8. The van der Waals surface area contributed by atoms with Crippen molar-refractivity contribution < 1.29 is 13.3 Å². The second-order valence-electron chi connectivity index (χ2n) is 6.48. The lowest BCUT2D eigenvalue weighted by Crippen LogP contribution is -2.46. The Morgan fingerprint density at radius 1 is 1.12 bits per heavy atom. The number of nitro groups is 1. The molecule has 0 atom stereocenters. The van der Waals surface area contributed by atoms with Gasteiger partial charge in [-0.05, 0) is 31.0 Å². The second kappa shape index (κ2) is 6.88. The largest absolute Gasteiger partial charge is 0.368 e. The summed E-state index contributed by atoms with van der Waals surface area (Å²) in [6.07, 6.45) is 1.07. The average Bonchev–Trinajstić information content (AvgIpc) is 3.03. The van der Waals surface area contributed by atoms with Crippen molar-refractivity contribution in [3.63, 3.8) is 0 Å². The highest BCUT2D eigenvalue weighted by molar-refractivity contribution is 7.92. The fourth-order valence-corrected chi connectivity index (χ4v) is 5.20. The molecule has 0 aliphatic carbocycles. The van der Waals surface area contributed by atoms with E-state index in [0.717, 1.165) is 30.7 Å². The quantitative estimate of drug-likeness (QED) is 0.584. The monoisotopic (exact) mass is 395 g/mol. The Balaban J connectivity index is 1.83. The summed E-state index contributed by atoms with van der Waals surface area (Å²) in [4.78, 5) is 15.0. The molecule has 1 aliphatic rings. The van der Waals surface area contributed by atoms with Gasteiger partial charge in [0.15, 0.2) is 14.8 Å². The van der Waals surface area contributed by atoms with Gasteiger partial charge in [-0.25, -0.2) is 8.42 Å². The highest BCUT2D eigenvalue weighted by Gasteiger charge is 2.29. The van der Waals surface area contributed by atoms with Crippen molar-refractivity contribution in [1.29, 1.82) is 0 Å². The third-order valence-electron chi connectivity index (χ3n) is 4.72. The number of hydrogen-bond acceptors (Lipinski definition) is 7. The van der Waals surface area contributed by atoms with Crippen molar-refractivity contribution in [2.75, 3.05) is 42.2 Å². The summed E-state index contributed by atoms with van der Waals surface area (Å²) in [6, 6.07) is 7.38. The zero-order valence-corrected chi connectivity index (χ0v) is 16.6. The molecule has 2 aromatic rings. The molecule has 0 saturated carbocycles. The molecule has 0 radical (unpaired) electrons. The highest BCUT2D eigenvalue weighted by atomic mass is 32.2. The molecule has 0 amide bonds. The maximum Gasteiger partial charge on any atom is 0.305 e. The molecule has 140 valence electrons. The molecule has 0 bridgehead atoms. The molecule has 0 unspecified atom stereocenters. The van der Waals surface area contributed by atoms with E-state index in [-0.39, 0.29) is 9.90 Å². The van der Waals surface area contributed by atoms with Crippen molar-refractivity contribution in [2.45, 2.75) is 18.1 Å². The second-order valence-corrected chi connectivity index (χ2v) is 9.75. The van der Waals surface area contributed by atoms with Crippen LogP contribution in [0.25, 0.3) is 0 Å². The van der Waals surface area contributed by atoms with Crippen LogP contribution in [0.2, 0.25) is 0 Å². The first-order valence-electron chi connectivity index (χ1n) is 8.23. The van der Waals surface area contributed by atoms with E-state index in [0.29, 0.717) is 18.1 Å². The van der Waals surface area contributed by atoms with Gasteiger partial charge < -0.3 is 9.80 Å². The van der Waals surface area contributed by atoms with Gasteiger partial charge in [0.05, 0.1) is 4.92 Å². The molecular formula is C17H21N3O4S2. The van der Waals surface area contributed by atoms with Crippen molar-refractivity contribution in [2.24, 2.45) is 0 Å². The van der Waals surface area contributed by atoms with E-state index in [1.165, 1.54) is 22.9 Å². The number of thiophene rings is 1. The molecule has 9 heteroatoms. The molecule has 0 N–H and O–H groups in total. The summed E-state index contributed by atoms with van der Waals surface area (Å²) >= 11 is 0.982. The van der Waals surface area contributed by atoms with Gasteiger partial charge in [0.2, 0.25) is 0 Å². The van der Waals surface area contributed by atoms with Crippen LogP contribution in [-0.2, 0) is 9.84 Å². The lowest BCUT2D eigenvalue weighted by atomic mass is 10.1. The van der Waals surface area contributed by atoms with Crippen molar-refractivity contribution in [3.8, 4) is 0 Å². The number of piperazine rings is 1. The van der Waals surface area contributed by atoms with E-state index < -0.39 is 14.8 Å². The lowest BCUT2D eigenvalue weighted by molar-refractivity contribution is -0.383. The standard InChI is InChI=1S/C17H21N3O4S2/c1-12-5-4-6-14(13(12)2)18-7-9-19(10-8-18)17-15(20(21)22)11-16(25-17)26(3,23)24/h4-6,11H,7-10H2,1-3H3. The Labute approximate surface area is 156 Å². The van der Waals surface area contributed by atoms with E-state index in [9.17, 15) is 18.5 Å². The Morgan fingerprint density at radius 3 is 2.31 bits per heavy atom. The van der Waals surface area contributed by atoms with Crippen LogP contribution in [0.5, 0.6) is 0 Å². The van der Waals surface area contributed by atoms with Gasteiger partial charge >= 0.3 is 5.69 Å². The highest BCUT2D eigenvalue weighted by Crippen LogP contribution is 2.40. The van der Waals surface area contributed by atoms with Gasteiger partial charge in [0.1, 0.15) is 4.21 Å². The van der Waals surface area contributed by atoms with Crippen LogP contribution < -0.4 is 9.80 Å². The minimum atomic E-state index is -3.46. The summed E-state index contributed by atoms with van der Waals surface area (Å²) in [5.41, 5.74) is 3.52. The molecule has 1 saturated heterocycles. The number of sulfone groups is 1. The molecule has 1 aromatic heterocycles. The Morgan fingerprint density at radius 2 is 1.73 bits per heavy atom. The predicted octanol–water partition coefficient (Wildman–Crippen LogP) is 3.00. The third-order valence-corrected chi connectivity index (χ3v) is 7.70. The first-order chi connectivity index (χ1) is 12.2. The molecule has 2 heterocycles. The van der Waals surface area contributed by atoms with Crippen molar-refractivity contribution in [3.05, 3.63) is 45.5 Å². The van der Waals surface area contributed by atoms with Gasteiger partial charge in [-0.3, -0.25) is 10.1 Å². The Kier molecular flexibility index (Phi) is 4.94. The predicted molar refractivity (Wildman–Crippen MR) is 104 cm³/mol. The van der Waals surface area contributed by atoms with Gasteiger partial charge in [-0.2, -0.15) is 0 Å². The zero-order valence-electron chi connectivity index (χ0n) is 14.9. The summed E-state index contributed by atoms with van der Waals surface area (Å²) in [5.74, 6) is 0. The summed E-state index contributed by atoms with van der Waals surface area (Å²) in [7, 11) is -3.46. The van der Waals surface area contributed by atoms with Crippen LogP contribution in [0, 0.1) is 24.0 Å². The molecule has 1 aromatic carbocycles. The molecule has 1 fully saturated rings. The van der Waals surface area contributed by atoms with Gasteiger partial charge in [-0.1, -0.05) is 23.5 Å². The number of nitrogens with zero attached hydrogens (tertiary/aromatic N) is 3. The smallest absolute Gasteiger partial charge is 0.305 e. The molecule has 3 rings (SSSR count). The maximum absolute atomic E-state index is 11.8. The zero-order chi connectivity index (χ0) is 19.1. The van der Waals surface area contributed by atoms with Crippen LogP contribution in [0.4, 0.5) is 16.4 Å². The fraction of sp³-hybridized carbons (Fsp3) is 0.412. The number of aryl methyl sites for hydroxylation is 1. The van der Waals surface area contributed by atoms with Crippen LogP contribution in [0.15, 0.2) is 28.5 Å². The van der Waals surface area contributed by atoms with Crippen LogP contribution in [-0.4, -0.2) is 45.8 Å². The minimum Gasteiger partial charge on any atom is -0.368 e. The van der Waals surface area contributed by atoms with E-state index in [1.807, 2.05) is 11.0 Å². The van der Waals surface area contributed by atoms with E-state index in [1.54, 1.807) is 0 Å². The van der Waals surface area contributed by atoms with Gasteiger partial charge in [0.25, 0.3) is 0 Å². The molecule has 26 heavy (non-hydrogen) atoms. The van der Waals surface area contributed by atoms with Crippen LogP contribution in [0.1, 0.15) is 11.1 Å². The van der Waals surface area contributed by atoms with Crippen LogP contribution >= 0.6 is 11.3 Å². The molecular weight excluding hydrogens is 374 g/mol. The normalized spacial score (nSPS) is 15.3. The Bertz CT molecular complexity index is 945. The SMILES string of the molecule is Cc1cccc(N2CCN(c3sc(S(C)(=O)=O)cc3[N+](=O)[O-])CC2)c1C. The third kappa shape index (κ3) is 3.54. The first kappa shape index (κ1) is 18.7. The summed E-state index contributed by atoms with van der Waals surface area (Å²) in [6.45, 7) is 6.85. The van der Waals surface area contributed by atoms with E-state index in [2.05, 4.69) is 30.9 Å². The Hall–Kier alpha value is -2.13. The molecule has 0 spiro atoms. The topological polar surface area (TPSA) is 83.8 Å². The number of rotatable bonds is 4. The van der Waals surface area contributed by atoms with E-state index >= 15 is 0 Å². The van der Waals surface area contributed by atoms with Crippen molar-refractivity contribution >= 4 is 37.5 Å². The lowest BCUT2D eigenvalue weighted by Gasteiger charge is -2.37. The van der Waals surface area contributed by atoms with Crippen LogP contribution in [0.3, 0.4) is 0 Å². The number of anilines is 2. The van der Waals surface area contributed by atoms with Crippen molar-refractivity contribution in [1.82, 2.24) is 0 Å². The van der Waals surface area contributed by atoms with Gasteiger partial charge in [0, 0.05) is 44.2 Å². The molecule has 7 nitrogen and oxygen atoms in total. The van der Waals surface area contributed by atoms with E-state index in [4.69, 9.17) is 0 Å². The summed E-state index contributed by atoms with van der Waals surface area (Å²) < 4.78 is 23.6. The average molecular weight is 396 g/mol. The fourth-order valence-electron chi connectivity index (χ4n) is 3.12. The minimum absolute atomic E-state index is 0.0381. The first-order valence-corrected chi connectivity index (χ1v) is 10.9. The van der Waals surface area contributed by atoms with Gasteiger partial charge in [-0.15, -0.1) is 0 Å².